The molecular weight excluding hydrogens is 152 g/mol. The molecule has 0 aromatic heterocycles. The standard InChI is InChI=1S/Ca.ClH.H2O3Si.2H/c;;1-4(2)3;;/h;1H;1-2H;;/q+2;;;2*-1. The molecule has 0 radical (unpaired) electrons. The Morgan fingerprint density at radius 2 is 1.50 bits per heavy atom. The third-order valence-electron chi connectivity index (χ3n) is 0. The minimum Gasteiger partial charge on any atom is -1.00 e. The van der Waals surface area contributed by atoms with Crippen LogP contribution < -0.4 is 0 Å². The average Bonchev–Trinajstić information content (AvgIpc) is 0.811. The van der Waals surface area contributed by atoms with Gasteiger partial charge in [0.15, 0.2) is 0 Å². The fourth-order valence-electron chi connectivity index (χ4n) is 0. The van der Waals surface area contributed by atoms with Crippen molar-refractivity contribution in [3.05, 3.63) is 0 Å². The molecule has 0 bridgehead atoms. The molecule has 3 nitrogen and oxygen atoms in total. The van der Waals surface area contributed by atoms with E-state index in [9.17, 15) is 0 Å². The first-order chi connectivity index (χ1) is 1.73. The maximum Gasteiger partial charge on any atom is 2.00 e. The van der Waals surface area contributed by atoms with Crippen LogP contribution in [0.1, 0.15) is 2.85 Å². The smallest absolute Gasteiger partial charge is 1.00 e. The monoisotopic (exact) mass is 156 g/mol. The minimum absolute atomic E-state index is 0. The molecule has 0 fully saturated rings. The van der Waals surface area contributed by atoms with Crippen molar-refractivity contribution in [3.63, 3.8) is 0 Å². The molecular formula is H5CaClO3Si. The molecule has 0 saturated heterocycles. The summed E-state index contributed by atoms with van der Waals surface area (Å²) >= 11 is 0. The Balaban J connectivity index is -0.00000000750. The maximum absolute atomic E-state index is 8.74. The van der Waals surface area contributed by atoms with Gasteiger partial charge in [-0.1, -0.05) is 0 Å². The molecule has 0 atom stereocenters. The summed E-state index contributed by atoms with van der Waals surface area (Å²) in [5.74, 6) is 0. The van der Waals surface area contributed by atoms with Crippen molar-refractivity contribution in [2.75, 3.05) is 0 Å². The van der Waals surface area contributed by atoms with Gasteiger partial charge in [0.1, 0.15) is 0 Å². The number of rotatable bonds is 0. The Kier molecular flexibility index (Phi) is 24.8. The van der Waals surface area contributed by atoms with E-state index in [0.29, 0.717) is 0 Å². The van der Waals surface area contributed by atoms with Gasteiger partial charge >= 0.3 is 46.9 Å². The largest absolute Gasteiger partial charge is 2.00 e. The van der Waals surface area contributed by atoms with Crippen LogP contribution in [-0.4, -0.2) is 56.5 Å². The molecule has 0 aromatic carbocycles. The summed E-state index contributed by atoms with van der Waals surface area (Å²) in [5, 5.41) is 0. The predicted octanol–water partition coefficient (Wildman–Crippen LogP) is -1.35. The van der Waals surface area contributed by atoms with E-state index in [-0.39, 0.29) is 53.0 Å². The molecule has 0 aliphatic rings. The van der Waals surface area contributed by atoms with Crippen LogP contribution in [0.25, 0.3) is 0 Å². The maximum atomic E-state index is 8.74. The quantitative estimate of drug-likeness (QED) is 0.427. The van der Waals surface area contributed by atoms with Gasteiger partial charge in [-0.2, -0.15) is 0 Å². The summed E-state index contributed by atoms with van der Waals surface area (Å²) in [5.41, 5.74) is 0. The average molecular weight is 157 g/mol. The number of hydrogen-bond acceptors (Lipinski definition) is 1. The normalized spacial score (nSPS) is 4.00. The fraction of sp³-hybridized carbons (Fsp3) is 0. The van der Waals surface area contributed by atoms with E-state index in [1.807, 2.05) is 0 Å². The summed E-state index contributed by atoms with van der Waals surface area (Å²) in [4.78, 5) is 14.3. The second-order valence-electron chi connectivity index (χ2n) is 0.283. The summed E-state index contributed by atoms with van der Waals surface area (Å²) in [6.07, 6.45) is 0. The second-order valence-corrected chi connectivity index (χ2v) is 0.848. The molecule has 36 valence electrons. The Morgan fingerprint density at radius 3 is 1.50 bits per heavy atom. The zero-order chi connectivity index (χ0) is 3.58. The Morgan fingerprint density at radius 1 is 1.50 bits per heavy atom. The van der Waals surface area contributed by atoms with Crippen LogP contribution in [-0.2, 0) is 4.46 Å². The summed E-state index contributed by atoms with van der Waals surface area (Å²) in [7, 11) is -3.13. The Bertz CT molecular complexity index is 40.3. The topological polar surface area (TPSA) is 57.5 Å². The fourth-order valence-corrected chi connectivity index (χ4v) is 0. The van der Waals surface area contributed by atoms with E-state index in [1.54, 1.807) is 0 Å². The second kappa shape index (κ2) is 9.48. The third-order valence-corrected chi connectivity index (χ3v) is 0. The third kappa shape index (κ3) is 65.9. The molecule has 0 saturated carbocycles. The zero-order valence-electron chi connectivity index (χ0n) is 4.92. The van der Waals surface area contributed by atoms with Gasteiger partial charge in [0.25, 0.3) is 0 Å². The summed E-state index contributed by atoms with van der Waals surface area (Å²) in [6.45, 7) is 0. The molecule has 6 heavy (non-hydrogen) atoms. The van der Waals surface area contributed by atoms with Gasteiger partial charge in [-0.05, 0) is 0 Å². The molecule has 0 aliphatic heterocycles. The van der Waals surface area contributed by atoms with Crippen LogP contribution in [0.2, 0.25) is 0 Å². The van der Waals surface area contributed by atoms with Crippen molar-refractivity contribution in [1.82, 2.24) is 0 Å². The van der Waals surface area contributed by atoms with E-state index in [2.05, 4.69) is 0 Å². The first-order valence-electron chi connectivity index (χ1n) is 0.651. The van der Waals surface area contributed by atoms with Crippen LogP contribution in [0, 0.1) is 0 Å². The van der Waals surface area contributed by atoms with Crippen molar-refractivity contribution in [1.29, 1.82) is 0 Å². The van der Waals surface area contributed by atoms with Gasteiger partial charge < -0.3 is 12.4 Å². The first kappa shape index (κ1) is 15.7. The molecule has 0 heterocycles. The number of hydrogen-bond donors (Lipinski definition) is 2. The van der Waals surface area contributed by atoms with Gasteiger partial charge in [0.2, 0.25) is 0 Å². The van der Waals surface area contributed by atoms with Gasteiger partial charge in [-0.25, -0.2) is 0 Å². The van der Waals surface area contributed by atoms with E-state index in [1.165, 1.54) is 0 Å². The minimum atomic E-state index is -3.13. The van der Waals surface area contributed by atoms with Crippen LogP contribution in [0.15, 0.2) is 0 Å². The van der Waals surface area contributed by atoms with Crippen molar-refractivity contribution >= 4 is 59.3 Å². The summed E-state index contributed by atoms with van der Waals surface area (Å²) in [6, 6.07) is 0. The zero-order valence-corrected chi connectivity index (χ0v) is 6.94. The Hall–Kier alpha value is 1.17. The van der Waals surface area contributed by atoms with E-state index in [4.69, 9.17) is 14.1 Å². The van der Waals surface area contributed by atoms with Crippen molar-refractivity contribution < 1.29 is 16.9 Å². The van der Waals surface area contributed by atoms with E-state index in [0.717, 1.165) is 0 Å². The van der Waals surface area contributed by atoms with Crippen molar-refractivity contribution in [2.45, 2.75) is 0 Å². The van der Waals surface area contributed by atoms with Gasteiger partial charge in [0.05, 0.1) is 0 Å². The van der Waals surface area contributed by atoms with Crippen LogP contribution in [0.3, 0.4) is 0 Å². The Labute approximate surface area is 75.7 Å². The molecule has 0 aromatic rings. The van der Waals surface area contributed by atoms with Gasteiger partial charge in [-0.15, -0.1) is 12.4 Å². The van der Waals surface area contributed by atoms with Gasteiger partial charge in [0, 0.05) is 0 Å². The molecule has 6 heteroatoms. The van der Waals surface area contributed by atoms with E-state index < -0.39 is 9.17 Å². The number of halogens is 1. The molecule has 0 amide bonds. The van der Waals surface area contributed by atoms with Gasteiger partial charge in [-0.3, -0.25) is 4.46 Å². The molecule has 2 N–H and O–H groups in total. The SMILES string of the molecule is Cl.O=[Si](O)O.[Ca+2].[H-].[H-]. The molecule has 0 aliphatic carbocycles. The first-order valence-corrected chi connectivity index (χ1v) is 1.95. The van der Waals surface area contributed by atoms with Crippen LogP contribution >= 0.6 is 12.4 Å². The molecule has 0 unspecified atom stereocenters. The van der Waals surface area contributed by atoms with Crippen LogP contribution in [0.5, 0.6) is 0 Å². The molecule has 0 spiro atoms. The van der Waals surface area contributed by atoms with Crippen molar-refractivity contribution in [2.24, 2.45) is 0 Å². The summed E-state index contributed by atoms with van der Waals surface area (Å²) < 4.78 is 8.74. The van der Waals surface area contributed by atoms with Crippen LogP contribution in [0.4, 0.5) is 0 Å². The van der Waals surface area contributed by atoms with E-state index >= 15 is 0 Å². The van der Waals surface area contributed by atoms with Crippen molar-refractivity contribution in [3.8, 4) is 0 Å². The predicted molar refractivity (Wildman–Crippen MR) is 26.1 cm³/mol. The molecule has 0 rings (SSSR count).